The molecule has 1 N–H and O–H groups in total. The fourth-order valence-corrected chi connectivity index (χ4v) is 6.66. The highest BCUT2D eigenvalue weighted by molar-refractivity contribution is 7.92. The van der Waals surface area contributed by atoms with E-state index in [2.05, 4.69) is 4.72 Å². The van der Waals surface area contributed by atoms with E-state index in [1.807, 2.05) is 0 Å². The zero-order chi connectivity index (χ0) is 22.8. The molecule has 0 aromatic heterocycles. The average Bonchev–Trinajstić information content (AvgIpc) is 2.73. The van der Waals surface area contributed by atoms with Gasteiger partial charge in [0, 0.05) is 13.1 Å². The van der Waals surface area contributed by atoms with Crippen molar-refractivity contribution in [3.05, 3.63) is 47.0 Å². The van der Waals surface area contributed by atoms with Gasteiger partial charge in [-0.1, -0.05) is 6.07 Å². The monoisotopic (exact) mass is 468 g/mol. The predicted molar refractivity (Wildman–Crippen MR) is 120 cm³/mol. The number of benzene rings is 2. The smallest absolute Gasteiger partial charge is 0.241 e. The molecule has 0 spiro atoms. The Bertz CT molecular complexity index is 1180. The molecular weight excluding hydrogens is 440 g/mol. The quantitative estimate of drug-likeness (QED) is 0.670. The lowest BCUT2D eigenvalue weighted by Gasteiger charge is -2.30. The number of nitrogens with zero attached hydrogens (tertiary/aromatic N) is 1. The predicted octanol–water partition coefficient (Wildman–Crippen LogP) is 2.73. The minimum absolute atomic E-state index is 0.0728. The Morgan fingerprint density at radius 2 is 1.71 bits per heavy atom. The van der Waals surface area contributed by atoms with Crippen molar-refractivity contribution in [1.29, 1.82) is 0 Å². The summed E-state index contributed by atoms with van der Waals surface area (Å²) >= 11 is 0. The maximum absolute atomic E-state index is 13.0. The van der Waals surface area contributed by atoms with Crippen LogP contribution in [0.5, 0.6) is 11.5 Å². The van der Waals surface area contributed by atoms with Crippen LogP contribution in [-0.2, 0) is 26.6 Å². The summed E-state index contributed by atoms with van der Waals surface area (Å²) in [5.74, 6) is 1.18. The van der Waals surface area contributed by atoms with Gasteiger partial charge < -0.3 is 9.47 Å². The zero-order valence-corrected chi connectivity index (χ0v) is 19.8. The molecule has 31 heavy (non-hydrogen) atoms. The molecule has 8 nitrogen and oxygen atoms in total. The fraction of sp³-hybridized carbons (Fsp3) is 0.429. The maximum atomic E-state index is 13.0. The van der Waals surface area contributed by atoms with Gasteiger partial charge in [-0.2, -0.15) is 0 Å². The van der Waals surface area contributed by atoms with Crippen LogP contribution < -0.4 is 18.5 Å². The van der Waals surface area contributed by atoms with E-state index in [0.717, 1.165) is 6.42 Å². The third kappa shape index (κ3) is 4.97. The molecule has 1 heterocycles. The third-order valence-electron chi connectivity index (χ3n) is 5.32. The Kier molecular flexibility index (Phi) is 6.82. The molecule has 0 amide bonds. The van der Waals surface area contributed by atoms with Crippen LogP contribution in [0.15, 0.2) is 35.2 Å². The molecule has 0 unspecified atom stereocenters. The summed E-state index contributed by atoms with van der Waals surface area (Å²) in [5, 5.41) is 0. The third-order valence-corrected chi connectivity index (χ3v) is 8.71. The van der Waals surface area contributed by atoms with Crippen LogP contribution in [0.2, 0.25) is 0 Å². The number of hydrogen-bond acceptors (Lipinski definition) is 6. The molecule has 1 aliphatic heterocycles. The molecule has 2 aromatic carbocycles. The first kappa shape index (κ1) is 23.4. The SMILES string of the molecule is COc1ccc(CNS(=O)(=O)c2cc(C)c(N3CCCCS3(=O)=O)cc2C)cc1OC. The van der Waals surface area contributed by atoms with Gasteiger partial charge in [0.2, 0.25) is 20.0 Å². The first-order valence-electron chi connectivity index (χ1n) is 9.91. The van der Waals surface area contributed by atoms with E-state index in [1.165, 1.54) is 24.6 Å². The van der Waals surface area contributed by atoms with Crippen molar-refractivity contribution in [3.63, 3.8) is 0 Å². The normalized spacial score (nSPS) is 16.2. The number of rotatable bonds is 7. The minimum atomic E-state index is -3.81. The lowest BCUT2D eigenvalue weighted by atomic mass is 10.1. The highest BCUT2D eigenvalue weighted by Gasteiger charge is 2.28. The second kappa shape index (κ2) is 9.05. The van der Waals surface area contributed by atoms with E-state index in [0.29, 0.717) is 46.8 Å². The standard InChI is InChI=1S/C21H28N2O6S2/c1-15-12-21(16(2)11-18(15)23-9-5-6-10-30(23,24)25)31(26,27)22-14-17-7-8-19(28-3)20(13-17)29-4/h7-8,11-13,22H,5-6,9-10,14H2,1-4H3. The topological polar surface area (TPSA) is 102 Å². The molecule has 0 saturated carbocycles. The van der Waals surface area contributed by atoms with Gasteiger partial charge in [0.1, 0.15) is 0 Å². The van der Waals surface area contributed by atoms with E-state index in [9.17, 15) is 16.8 Å². The van der Waals surface area contributed by atoms with E-state index < -0.39 is 20.0 Å². The molecule has 0 aliphatic carbocycles. The van der Waals surface area contributed by atoms with Crippen molar-refractivity contribution < 1.29 is 26.3 Å². The molecule has 1 aliphatic rings. The second-order valence-electron chi connectivity index (χ2n) is 7.51. The van der Waals surface area contributed by atoms with Crippen molar-refractivity contribution in [2.45, 2.75) is 38.1 Å². The first-order valence-corrected chi connectivity index (χ1v) is 13.0. The van der Waals surface area contributed by atoms with Crippen LogP contribution in [0, 0.1) is 13.8 Å². The summed E-state index contributed by atoms with van der Waals surface area (Å²) < 4.78 is 65.3. The van der Waals surface area contributed by atoms with Gasteiger partial charge in [0.15, 0.2) is 11.5 Å². The lowest BCUT2D eigenvalue weighted by Crippen LogP contribution is -2.38. The number of nitrogens with one attached hydrogen (secondary N) is 1. The van der Waals surface area contributed by atoms with Gasteiger partial charge >= 0.3 is 0 Å². The van der Waals surface area contributed by atoms with Crippen molar-refractivity contribution >= 4 is 25.7 Å². The molecule has 10 heteroatoms. The molecule has 0 radical (unpaired) electrons. The van der Waals surface area contributed by atoms with Gasteiger partial charge in [-0.3, -0.25) is 4.31 Å². The molecule has 2 aromatic rings. The van der Waals surface area contributed by atoms with Gasteiger partial charge in [-0.25, -0.2) is 21.6 Å². The summed E-state index contributed by atoms with van der Waals surface area (Å²) in [5.41, 5.74) is 2.34. The summed E-state index contributed by atoms with van der Waals surface area (Å²) in [4.78, 5) is 0.128. The van der Waals surface area contributed by atoms with E-state index in [4.69, 9.17) is 9.47 Å². The van der Waals surface area contributed by atoms with Gasteiger partial charge in [0.05, 0.1) is 30.6 Å². The van der Waals surface area contributed by atoms with Crippen LogP contribution in [0.25, 0.3) is 0 Å². The molecule has 3 rings (SSSR count). The van der Waals surface area contributed by atoms with Crippen LogP contribution in [-0.4, -0.2) is 43.4 Å². The molecule has 0 bridgehead atoms. The number of hydrogen-bond donors (Lipinski definition) is 1. The van der Waals surface area contributed by atoms with Gasteiger partial charge in [-0.05, 0) is 67.6 Å². The number of sulfonamides is 2. The van der Waals surface area contributed by atoms with Gasteiger partial charge in [-0.15, -0.1) is 0 Å². The lowest BCUT2D eigenvalue weighted by molar-refractivity contribution is 0.354. The Hall–Kier alpha value is -2.30. The number of ether oxygens (including phenoxy) is 2. The van der Waals surface area contributed by atoms with Crippen molar-refractivity contribution in [1.82, 2.24) is 4.72 Å². The number of aryl methyl sites for hydroxylation is 2. The number of anilines is 1. The Labute approximate surface area is 184 Å². The van der Waals surface area contributed by atoms with Crippen LogP contribution in [0.3, 0.4) is 0 Å². The van der Waals surface area contributed by atoms with Crippen LogP contribution in [0.1, 0.15) is 29.5 Å². The molecular formula is C21H28N2O6S2. The van der Waals surface area contributed by atoms with Crippen molar-refractivity contribution in [3.8, 4) is 11.5 Å². The molecule has 1 saturated heterocycles. The average molecular weight is 469 g/mol. The zero-order valence-electron chi connectivity index (χ0n) is 18.1. The summed E-state index contributed by atoms with van der Waals surface area (Å²) in [6, 6.07) is 8.36. The fourth-order valence-electron chi connectivity index (χ4n) is 3.64. The van der Waals surface area contributed by atoms with Crippen molar-refractivity contribution in [2.75, 3.05) is 30.8 Å². The summed E-state index contributed by atoms with van der Waals surface area (Å²) in [7, 11) is -4.14. The minimum Gasteiger partial charge on any atom is -0.493 e. The molecule has 170 valence electrons. The molecule has 0 atom stereocenters. The maximum Gasteiger partial charge on any atom is 0.241 e. The number of methoxy groups -OCH3 is 2. The van der Waals surface area contributed by atoms with Crippen LogP contribution >= 0.6 is 0 Å². The Morgan fingerprint density at radius 3 is 2.35 bits per heavy atom. The van der Waals surface area contributed by atoms with E-state index in [-0.39, 0.29) is 17.2 Å². The summed E-state index contributed by atoms with van der Waals surface area (Å²) in [6.07, 6.45) is 1.42. The highest BCUT2D eigenvalue weighted by atomic mass is 32.2. The molecule has 1 fully saturated rings. The van der Waals surface area contributed by atoms with Crippen molar-refractivity contribution in [2.24, 2.45) is 0 Å². The van der Waals surface area contributed by atoms with Gasteiger partial charge in [0.25, 0.3) is 0 Å². The van der Waals surface area contributed by atoms with E-state index in [1.54, 1.807) is 38.1 Å². The highest BCUT2D eigenvalue weighted by Crippen LogP contribution is 2.31. The van der Waals surface area contributed by atoms with E-state index >= 15 is 0 Å². The Balaban J connectivity index is 1.86. The first-order chi connectivity index (χ1) is 14.6. The van der Waals surface area contributed by atoms with Crippen LogP contribution in [0.4, 0.5) is 5.69 Å². The second-order valence-corrected chi connectivity index (χ2v) is 11.3. The largest absolute Gasteiger partial charge is 0.493 e. The Morgan fingerprint density at radius 1 is 1.00 bits per heavy atom. The summed E-state index contributed by atoms with van der Waals surface area (Å²) in [6.45, 7) is 3.88.